The summed E-state index contributed by atoms with van der Waals surface area (Å²) in [7, 11) is -39.2. The normalized spacial score (nSPS) is 13.7. The molecule has 0 atom stereocenters. The first kappa shape index (κ1) is 57.1. The number of hydrogen-bond acceptors (Lipinski definition) is 27. The van der Waals surface area contributed by atoms with Crippen molar-refractivity contribution >= 4 is 126 Å². The molecule has 0 aliphatic heterocycles. The number of sulfone groups is 3. The summed E-state index contributed by atoms with van der Waals surface area (Å²) in [5.74, 6) is -3.15. The molecule has 4 aromatic carbocycles. The van der Waals surface area contributed by atoms with Crippen LogP contribution in [0, 0.1) is 0 Å². The Morgan fingerprint density at radius 3 is 1.06 bits per heavy atom. The third-order valence-corrected chi connectivity index (χ3v) is 16.4. The van der Waals surface area contributed by atoms with Gasteiger partial charge >= 0.3 is 31.2 Å². The van der Waals surface area contributed by atoms with E-state index in [4.69, 9.17) is 25.1 Å². The molecule has 0 aliphatic rings. The van der Waals surface area contributed by atoms with Crippen molar-refractivity contribution < 1.29 is 103 Å². The summed E-state index contributed by atoms with van der Waals surface area (Å²) < 4.78 is 249. The Bertz CT molecular complexity index is 3720. The van der Waals surface area contributed by atoms with Gasteiger partial charge in [-0.25, -0.2) is 37.8 Å². The Kier molecular flexibility index (Phi) is 17.6. The summed E-state index contributed by atoms with van der Waals surface area (Å²) in [5, 5.41) is 22.8. The number of azo groups is 3. The van der Waals surface area contributed by atoms with Gasteiger partial charge in [-0.05, 0) is 66.7 Å². The molecular weight excluding hydrogens is 1110 g/mol. The SMILES string of the molecule is Nc1c(N=Nc2ccc(S(=O)(=O)CCOS(=O)(=O)O)cc2)cc(N=Nc2ccc(S(=O)(=O)CCOS(=O)(=O)O)cc2S(=O)(=O)O)c(N)c1N=Nc1ccc(S(=O)(=O)CCOS(=O)(=O)O)cc1S(=O)(=O)O. The van der Waals surface area contributed by atoms with Crippen LogP contribution in [0.1, 0.15) is 0 Å². The lowest BCUT2D eigenvalue weighted by Crippen LogP contribution is -2.16. The molecule has 0 bridgehead atoms. The highest BCUT2D eigenvalue weighted by molar-refractivity contribution is 7.92. The number of nitrogens with zero attached hydrogens (tertiary/aromatic N) is 6. The molecule has 0 fully saturated rings. The Morgan fingerprint density at radius 2 is 0.700 bits per heavy atom. The molecule has 0 amide bonds. The molecule has 0 saturated heterocycles. The van der Waals surface area contributed by atoms with Gasteiger partial charge in [0.25, 0.3) is 20.2 Å². The second kappa shape index (κ2) is 21.5. The molecule has 32 nitrogen and oxygen atoms in total. The number of hydrogen-bond donors (Lipinski definition) is 7. The maximum atomic E-state index is 12.8. The van der Waals surface area contributed by atoms with E-state index in [-0.39, 0.29) is 10.6 Å². The van der Waals surface area contributed by atoms with Crippen LogP contribution < -0.4 is 11.5 Å². The Morgan fingerprint density at radius 1 is 0.386 bits per heavy atom. The lowest BCUT2D eigenvalue weighted by atomic mass is 10.2. The van der Waals surface area contributed by atoms with E-state index in [0.29, 0.717) is 24.3 Å². The summed E-state index contributed by atoms with van der Waals surface area (Å²) in [6, 6.07) is 8.83. The topological polar surface area (TPSA) is 528 Å². The van der Waals surface area contributed by atoms with E-state index >= 15 is 0 Å². The Labute approximate surface area is 397 Å². The summed E-state index contributed by atoms with van der Waals surface area (Å²) in [6.45, 7) is -3.18. The van der Waals surface area contributed by atoms with Crippen molar-refractivity contribution in [1.82, 2.24) is 0 Å². The monoisotopic (exact) mass is 1140 g/mol. The number of benzene rings is 4. The molecule has 4 rings (SSSR count). The second-order valence-corrected chi connectivity index (χ2v) is 25.5. The summed E-state index contributed by atoms with van der Waals surface area (Å²) in [5.41, 5.74) is 7.90. The predicted octanol–water partition coefficient (Wildman–Crippen LogP) is 2.37. The first-order valence-corrected chi connectivity index (χ1v) is 29.7. The molecule has 0 heterocycles. The second-order valence-electron chi connectivity index (χ2n) is 13.1. The molecule has 0 saturated carbocycles. The quantitative estimate of drug-likeness (QED) is 0.0318. The van der Waals surface area contributed by atoms with Gasteiger partial charge in [0.05, 0.1) is 68.8 Å². The van der Waals surface area contributed by atoms with Gasteiger partial charge in [0.2, 0.25) is 0 Å². The van der Waals surface area contributed by atoms with Crippen LogP contribution in [0.15, 0.2) is 122 Å². The van der Waals surface area contributed by atoms with Gasteiger partial charge in [0.1, 0.15) is 38.2 Å². The molecule has 0 spiro atoms. The van der Waals surface area contributed by atoms with E-state index < -0.39 is 177 Å². The van der Waals surface area contributed by atoms with E-state index in [1.807, 2.05) is 0 Å². The van der Waals surface area contributed by atoms with Gasteiger partial charge in [-0.2, -0.15) is 47.2 Å². The van der Waals surface area contributed by atoms with E-state index in [1.54, 1.807) is 0 Å². The molecule has 9 N–H and O–H groups in total. The lowest BCUT2D eigenvalue weighted by Gasteiger charge is -2.11. The summed E-state index contributed by atoms with van der Waals surface area (Å²) >= 11 is 0. The van der Waals surface area contributed by atoms with Crippen molar-refractivity contribution in [2.45, 2.75) is 24.5 Å². The van der Waals surface area contributed by atoms with Crippen LogP contribution in [0.25, 0.3) is 0 Å². The predicted molar refractivity (Wildman–Crippen MR) is 235 cm³/mol. The van der Waals surface area contributed by atoms with Crippen LogP contribution in [0.5, 0.6) is 0 Å². The van der Waals surface area contributed by atoms with Crippen LogP contribution in [0.3, 0.4) is 0 Å². The van der Waals surface area contributed by atoms with Gasteiger partial charge in [0.15, 0.2) is 29.5 Å². The van der Waals surface area contributed by atoms with E-state index in [1.165, 1.54) is 0 Å². The fourth-order valence-electron chi connectivity index (χ4n) is 5.04. The summed E-state index contributed by atoms with van der Waals surface area (Å²) in [6.07, 6.45) is 0. The molecule has 0 unspecified atom stereocenters. The van der Waals surface area contributed by atoms with Crippen molar-refractivity contribution in [2.24, 2.45) is 30.7 Å². The zero-order valence-electron chi connectivity index (χ0n) is 34.2. The van der Waals surface area contributed by atoms with Gasteiger partial charge in [-0.3, -0.25) is 22.8 Å². The standard InChI is InChI=1S/C30H32N8O24S8/c31-28-24(36-33-18-1-3-19(4-2-18)63(39,40)12-9-60-68(51,52)53)17-25(37-34-22-7-5-20(15-26(22)66(45,46)47)64(41,42)13-10-61-69(54,55)56)29(32)30(28)38-35-23-8-6-21(16-27(23)67(48,49)50)65(43,44)14-11-62-70(57,58)59/h1-8,15-17H,9-14,31-32H2,(H,45,46,47)(H,48,49,50)(H,51,52,53)(H,54,55,56)(H,57,58,59). The first-order valence-electron chi connectivity index (χ1n) is 17.7. The van der Waals surface area contributed by atoms with Gasteiger partial charge in [0, 0.05) is 0 Å². The minimum Gasteiger partial charge on any atom is -0.395 e. The van der Waals surface area contributed by atoms with E-state index in [2.05, 4.69) is 43.2 Å². The molecule has 0 aromatic heterocycles. The molecule has 0 radical (unpaired) electrons. The highest BCUT2D eigenvalue weighted by Gasteiger charge is 2.26. The third kappa shape index (κ3) is 16.6. The first-order chi connectivity index (χ1) is 31.9. The fourth-order valence-corrected chi connectivity index (χ4v) is 11.0. The van der Waals surface area contributed by atoms with E-state index in [9.17, 15) is 76.4 Å². The number of nitrogens with two attached hydrogens (primary N) is 2. The minimum atomic E-state index is -5.38. The number of rotatable bonds is 23. The van der Waals surface area contributed by atoms with Gasteiger partial charge < -0.3 is 11.5 Å². The van der Waals surface area contributed by atoms with Crippen LogP contribution in [0.2, 0.25) is 0 Å². The minimum absolute atomic E-state index is 0.106. The van der Waals surface area contributed by atoms with Crippen LogP contribution in [-0.2, 0) is 93.5 Å². The highest BCUT2D eigenvalue weighted by atomic mass is 32.3. The number of anilines is 2. The van der Waals surface area contributed by atoms with Crippen molar-refractivity contribution in [1.29, 1.82) is 0 Å². The molecule has 384 valence electrons. The largest absolute Gasteiger partial charge is 0.397 e. The van der Waals surface area contributed by atoms with Crippen LogP contribution in [0.4, 0.5) is 45.5 Å². The average molecular weight is 1150 g/mol. The van der Waals surface area contributed by atoms with Crippen molar-refractivity contribution in [3.63, 3.8) is 0 Å². The molecule has 4 aromatic rings. The average Bonchev–Trinajstić information content (AvgIpc) is 3.20. The maximum Gasteiger partial charge on any atom is 0.397 e. The molecule has 70 heavy (non-hydrogen) atoms. The van der Waals surface area contributed by atoms with Crippen LogP contribution >= 0.6 is 0 Å². The fraction of sp³-hybridized carbons (Fsp3) is 0.200. The Hall–Kier alpha value is -5.44. The van der Waals surface area contributed by atoms with E-state index in [0.717, 1.165) is 42.5 Å². The molecule has 0 aliphatic carbocycles. The number of nitrogen functional groups attached to an aromatic ring is 2. The zero-order valence-corrected chi connectivity index (χ0v) is 40.7. The van der Waals surface area contributed by atoms with Gasteiger partial charge in [-0.1, -0.05) is 0 Å². The van der Waals surface area contributed by atoms with Crippen molar-refractivity contribution in [3.05, 3.63) is 66.7 Å². The third-order valence-electron chi connectivity index (χ3n) is 8.22. The highest BCUT2D eigenvalue weighted by Crippen LogP contribution is 2.46. The molecular formula is C30H32N8O24S8. The van der Waals surface area contributed by atoms with Crippen molar-refractivity contribution in [3.8, 4) is 0 Å². The maximum absolute atomic E-state index is 12.8. The van der Waals surface area contributed by atoms with Crippen LogP contribution in [-0.4, -0.2) is 127 Å². The Balaban J connectivity index is 1.86. The smallest absolute Gasteiger partial charge is 0.395 e. The van der Waals surface area contributed by atoms with Crippen molar-refractivity contribution in [2.75, 3.05) is 48.5 Å². The van der Waals surface area contributed by atoms with Gasteiger partial charge in [-0.15, -0.1) is 25.6 Å². The summed E-state index contributed by atoms with van der Waals surface area (Å²) in [4.78, 5) is -4.45. The zero-order chi connectivity index (χ0) is 52.9. The molecule has 40 heteroatoms. The lowest BCUT2D eigenvalue weighted by molar-refractivity contribution is 0.282.